The minimum absolute atomic E-state index is 0.143. The molecule has 0 fully saturated rings. The van der Waals surface area contributed by atoms with Crippen LogP contribution in [-0.2, 0) is 10.0 Å². The van der Waals surface area contributed by atoms with Crippen LogP contribution in [0.3, 0.4) is 0 Å². The lowest BCUT2D eigenvalue weighted by molar-refractivity contribution is -0.385. The molecule has 0 aromatic heterocycles. The molecule has 0 radical (unpaired) electrons. The number of hydrogen-bond donors (Lipinski definition) is 1. The fraction of sp³-hybridized carbons (Fsp3) is 0.188. The van der Waals surface area contributed by atoms with E-state index in [1.165, 1.54) is 24.3 Å². The largest absolute Gasteiger partial charge is 0.449 e. The Labute approximate surface area is 144 Å². The van der Waals surface area contributed by atoms with Gasteiger partial charge in [-0.05, 0) is 38.1 Å². The maximum Gasteiger partial charge on any atom is 0.312 e. The van der Waals surface area contributed by atoms with Gasteiger partial charge < -0.3 is 4.74 Å². The van der Waals surface area contributed by atoms with Crippen molar-refractivity contribution in [2.24, 2.45) is 0 Å². The number of nitriles is 1. The number of para-hydroxylation sites is 1. The van der Waals surface area contributed by atoms with Crippen molar-refractivity contribution in [3.05, 3.63) is 58.1 Å². The number of nitro groups is 1. The van der Waals surface area contributed by atoms with E-state index in [9.17, 15) is 18.5 Å². The van der Waals surface area contributed by atoms with Crippen molar-refractivity contribution < 1.29 is 18.1 Å². The first-order valence-electron chi connectivity index (χ1n) is 7.22. The van der Waals surface area contributed by atoms with Crippen LogP contribution in [0.5, 0.6) is 11.5 Å². The summed E-state index contributed by atoms with van der Waals surface area (Å²) in [7, 11) is -3.88. The summed E-state index contributed by atoms with van der Waals surface area (Å²) in [5.41, 5.74) is -0.311. The molecule has 0 aliphatic carbocycles. The van der Waals surface area contributed by atoms with Crippen LogP contribution >= 0.6 is 0 Å². The Kier molecular flexibility index (Phi) is 5.36. The molecular weight excluding hydrogens is 346 g/mol. The molecule has 2 rings (SSSR count). The first-order chi connectivity index (χ1) is 11.7. The predicted octanol–water partition coefficient (Wildman–Crippen LogP) is 2.95. The lowest BCUT2D eigenvalue weighted by Crippen LogP contribution is -2.30. The first-order valence-corrected chi connectivity index (χ1v) is 8.70. The summed E-state index contributed by atoms with van der Waals surface area (Å²) in [6.07, 6.45) is 0. The van der Waals surface area contributed by atoms with E-state index in [4.69, 9.17) is 10.00 Å². The molecular formula is C16H15N3O5S. The van der Waals surface area contributed by atoms with Crippen molar-refractivity contribution in [1.82, 2.24) is 4.72 Å². The van der Waals surface area contributed by atoms with Gasteiger partial charge in [-0.15, -0.1) is 0 Å². The average molecular weight is 361 g/mol. The number of benzene rings is 2. The summed E-state index contributed by atoms with van der Waals surface area (Å²) >= 11 is 0. The minimum atomic E-state index is -3.88. The van der Waals surface area contributed by atoms with Crippen LogP contribution in [0.1, 0.15) is 19.4 Å². The molecule has 0 spiro atoms. The SMILES string of the molecule is CC(C)NS(=O)(=O)c1ccc(Oc2ccccc2C#N)c([N+](=O)[O-])c1. The molecule has 0 heterocycles. The molecule has 0 unspecified atom stereocenters. The number of nitro benzene ring substituents is 1. The summed E-state index contributed by atoms with van der Waals surface area (Å²) in [5, 5.41) is 20.4. The molecule has 9 heteroatoms. The number of rotatable bonds is 6. The van der Waals surface area contributed by atoms with Gasteiger partial charge >= 0.3 is 5.69 Å². The summed E-state index contributed by atoms with van der Waals surface area (Å²) in [4.78, 5) is 10.3. The lowest BCUT2D eigenvalue weighted by atomic mass is 10.2. The van der Waals surface area contributed by atoms with E-state index in [1.54, 1.807) is 26.0 Å². The maximum atomic E-state index is 12.2. The molecule has 1 N–H and O–H groups in total. The molecule has 0 atom stereocenters. The number of ether oxygens (including phenoxy) is 1. The van der Waals surface area contributed by atoms with Crippen molar-refractivity contribution in [3.8, 4) is 17.6 Å². The van der Waals surface area contributed by atoms with Crippen molar-refractivity contribution in [2.45, 2.75) is 24.8 Å². The average Bonchev–Trinajstić information content (AvgIpc) is 2.54. The van der Waals surface area contributed by atoms with Gasteiger partial charge in [0, 0.05) is 12.1 Å². The standard InChI is InChI=1S/C16H15N3O5S/c1-11(2)18-25(22,23)13-7-8-16(14(9-13)19(20)21)24-15-6-4-3-5-12(15)10-17/h3-9,11,18H,1-2H3. The van der Waals surface area contributed by atoms with E-state index in [2.05, 4.69) is 4.72 Å². The smallest absolute Gasteiger partial charge is 0.312 e. The normalized spacial score (nSPS) is 11.1. The van der Waals surface area contributed by atoms with Crippen LogP contribution in [0.25, 0.3) is 0 Å². The molecule has 0 saturated carbocycles. The van der Waals surface area contributed by atoms with Crippen LogP contribution in [0.15, 0.2) is 47.4 Å². The van der Waals surface area contributed by atoms with Crippen LogP contribution in [0.4, 0.5) is 5.69 Å². The Morgan fingerprint density at radius 1 is 1.20 bits per heavy atom. The highest BCUT2D eigenvalue weighted by Gasteiger charge is 2.23. The van der Waals surface area contributed by atoms with Crippen molar-refractivity contribution in [1.29, 1.82) is 5.26 Å². The van der Waals surface area contributed by atoms with Gasteiger partial charge in [-0.3, -0.25) is 10.1 Å². The molecule has 0 amide bonds. The van der Waals surface area contributed by atoms with Gasteiger partial charge in [0.1, 0.15) is 11.8 Å². The summed E-state index contributed by atoms with van der Waals surface area (Å²) in [5.74, 6) is -0.0137. The monoisotopic (exact) mass is 361 g/mol. The Morgan fingerprint density at radius 2 is 1.88 bits per heavy atom. The van der Waals surface area contributed by atoms with Crippen LogP contribution in [-0.4, -0.2) is 19.4 Å². The van der Waals surface area contributed by atoms with Gasteiger partial charge in [-0.2, -0.15) is 5.26 Å². The van der Waals surface area contributed by atoms with Gasteiger partial charge in [-0.1, -0.05) is 12.1 Å². The zero-order chi connectivity index (χ0) is 18.6. The number of nitrogens with zero attached hydrogens (tertiary/aromatic N) is 2. The van der Waals surface area contributed by atoms with Crippen molar-refractivity contribution in [2.75, 3.05) is 0 Å². The van der Waals surface area contributed by atoms with Crippen LogP contribution in [0.2, 0.25) is 0 Å². The predicted molar refractivity (Wildman–Crippen MR) is 89.8 cm³/mol. The highest BCUT2D eigenvalue weighted by molar-refractivity contribution is 7.89. The van der Waals surface area contributed by atoms with E-state index in [1.807, 2.05) is 6.07 Å². The summed E-state index contributed by atoms with van der Waals surface area (Å²) in [6, 6.07) is 11.1. The quantitative estimate of drug-likeness (QED) is 0.623. The first kappa shape index (κ1) is 18.4. The van der Waals surface area contributed by atoms with Gasteiger partial charge in [-0.25, -0.2) is 13.1 Å². The Bertz CT molecular complexity index is 948. The van der Waals surface area contributed by atoms with Gasteiger partial charge in [0.15, 0.2) is 0 Å². The zero-order valence-corrected chi connectivity index (χ0v) is 14.3. The third-order valence-electron chi connectivity index (χ3n) is 3.06. The Hall–Kier alpha value is -2.96. The van der Waals surface area contributed by atoms with Crippen LogP contribution in [0, 0.1) is 21.4 Å². The maximum absolute atomic E-state index is 12.2. The van der Waals surface area contributed by atoms with Gasteiger partial charge in [0.05, 0.1) is 15.4 Å². The second-order valence-electron chi connectivity index (χ2n) is 5.37. The van der Waals surface area contributed by atoms with E-state index in [-0.39, 0.29) is 28.0 Å². The molecule has 2 aromatic rings. The summed E-state index contributed by atoms with van der Waals surface area (Å²) in [6.45, 7) is 3.28. The van der Waals surface area contributed by atoms with Crippen molar-refractivity contribution in [3.63, 3.8) is 0 Å². The zero-order valence-electron chi connectivity index (χ0n) is 13.5. The van der Waals surface area contributed by atoms with E-state index in [0.29, 0.717) is 0 Å². The number of hydrogen-bond acceptors (Lipinski definition) is 6. The number of sulfonamides is 1. The molecule has 0 saturated heterocycles. The molecule has 2 aromatic carbocycles. The number of nitrogens with one attached hydrogen (secondary N) is 1. The molecule has 130 valence electrons. The van der Waals surface area contributed by atoms with E-state index < -0.39 is 20.6 Å². The third kappa shape index (κ3) is 4.32. The third-order valence-corrected chi connectivity index (χ3v) is 4.71. The Morgan fingerprint density at radius 3 is 2.48 bits per heavy atom. The fourth-order valence-corrected chi connectivity index (χ4v) is 3.31. The molecule has 8 nitrogen and oxygen atoms in total. The van der Waals surface area contributed by atoms with E-state index in [0.717, 1.165) is 6.07 Å². The fourth-order valence-electron chi connectivity index (χ4n) is 2.04. The minimum Gasteiger partial charge on any atom is -0.449 e. The second-order valence-corrected chi connectivity index (χ2v) is 7.09. The highest BCUT2D eigenvalue weighted by Crippen LogP contribution is 2.34. The molecule has 0 aliphatic heterocycles. The summed E-state index contributed by atoms with van der Waals surface area (Å²) < 4.78 is 32.2. The topological polar surface area (TPSA) is 122 Å². The van der Waals surface area contributed by atoms with Gasteiger partial charge in [0.2, 0.25) is 15.8 Å². The molecule has 0 bridgehead atoms. The van der Waals surface area contributed by atoms with Gasteiger partial charge in [0.25, 0.3) is 0 Å². The van der Waals surface area contributed by atoms with Crippen LogP contribution < -0.4 is 9.46 Å². The molecule has 25 heavy (non-hydrogen) atoms. The van der Waals surface area contributed by atoms with Crippen molar-refractivity contribution >= 4 is 15.7 Å². The highest BCUT2D eigenvalue weighted by atomic mass is 32.2. The van der Waals surface area contributed by atoms with E-state index >= 15 is 0 Å². The molecule has 0 aliphatic rings. The Balaban J connectivity index is 2.47. The lowest BCUT2D eigenvalue weighted by Gasteiger charge is -2.11. The second kappa shape index (κ2) is 7.29.